The van der Waals surface area contributed by atoms with Gasteiger partial charge in [0.1, 0.15) is 11.6 Å². The molecule has 0 bridgehead atoms. The van der Waals surface area contributed by atoms with Gasteiger partial charge >= 0.3 is 0 Å². The Hall–Kier alpha value is -1.89. The number of halogens is 2. The quantitative estimate of drug-likeness (QED) is 0.759. The summed E-state index contributed by atoms with van der Waals surface area (Å²) in [6, 6.07) is 2.23. The van der Waals surface area contributed by atoms with Gasteiger partial charge in [-0.1, -0.05) is 5.21 Å². The van der Waals surface area contributed by atoms with Gasteiger partial charge in [0.05, 0.1) is 6.04 Å². The Morgan fingerprint density at radius 3 is 2.40 bits per heavy atom. The van der Waals surface area contributed by atoms with E-state index < -0.39 is 17.7 Å². The number of tetrazole rings is 1. The Balaban J connectivity index is 2.37. The van der Waals surface area contributed by atoms with E-state index >= 15 is 0 Å². The van der Waals surface area contributed by atoms with E-state index in [0.29, 0.717) is 0 Å². The van der Waals surface area contributed by atoms with Crippen molar-refractivity contribution in [1.29, 1.82) is 0 Å². The molecular weight excluding hydrogens is 204 g/mol. The fourth-order valence-corrected chi connectivity index (χ4v) is 1.21. The lowest BCUT2D eigenvalue weighted by atomic mass is 10.1. The molecule has 15 heavy (non-hydrogen) atoms. The Labute approximate surface area is 83.3 Å². The second-order valence-corrected chi connectivity index (χ2v) is 2.95. The molecule has 5 nitrogen and oxygen atoms in total. The summed E-state index contributed by atoms with van der Waals surface area (Å²) in [6.45, 7) is 0. The van der Waals surface area contributed by atoms with Gasteiger partial charge in [-0.3, -0.25) is 0 Å². The lowest BCUT2D eigenvalue weighted by Crippen LogP contribution is -2.14. The summed E-state index contributed by atoms with van der Waals surface area (Å²) < 4.78 is 25.7. The Morgan fingerprint density at radius 1 is 1.20 bits per heavy atom. The normalized spacial score (nSPS) is 12.7. The molecule has 0 saturated heterocycles. The zero-order valence-corrected chi connectivity index (χ0v) is 7.48. The van der Waals surface area contributed by atoms with Crippen LogP contribution in [0.2, 0.25) is 0 Å². The largest absolute Gasteiger partial charge is 0.318 e. The van der Waals surface area contributed by atoms with E-state index in [2.05, 4.69) is 20.6 Å². The highest BCUT2D eigenvalue weighted by Gasteiger charge is 2.15. The van der Waals surface area contributed by atoms with E-state index in [1.54, 1.807) is 0 Å². The second kappa shape index (κ2) is 3.70. The van der Waals surface area contributed by atoms with E-state index in [1.807, 2.05) is 0 Å². The summed E-state index contributed by atoms with van der Waals surface area (Å²) >= 11 is 0. The zero-order chi connectivity index (χ0) is 10.8. The summed E-state index contributed by atoms with van der Waals surface area (Å²) in [5.74, 6) is -1.20. The lowest BCUT2D eigenvalue weighted by Gasteiger charge is -2.07. The van der Waals surface area contributed by atoms with Crippen molar-refractivity contribution in [1.82, 2.24) is 20.6 Å². The van der Waals surface area contributed by atoms with E-state index in [4.69, 9.17) is 5.73 Å². The summed E-state index contributed by atoms with van der Waals surface area (Å²) in [5, 5.41) is 12.8. The first-order valence-electron chi connectivity index (χ1n) is 4.12. The highest BCUT2D eigenvalue weighted by Crippen LogP contribution is 2.17. The van der Waals surface area contributed by atoms with E-state index in [1.165, 1.54) is 0 Å². The van der Waals surface area contributed by atoms with E-state index in [0.717, 1.165) is 18.2 Å². The van der Waals surface area contributed by atoms with Crippen LogP contribution in [-0.2, 0) is 0 Å². The lowest BCUT2D eigenvalue weighted by molar-refractivity contribution is 0.576. The topological polar surface area (TPSA) is 80.5 Å². The maximum absolute atomic E-state index is 12.9. The molecule has 1 unspecified atom stereocenters. The minimum Gasteiger partial charge on any atom is -0.318 e. The predicted molar refractivity (Wildman–Crippen MR) is 46.6 cm³/mol. The van der Waals surface area contributed by atoms with Crippen molar-refractivity contribution in [2.24, 2.45) is 5.73 Å². The number of aromatic nitrogens is 4. The summed E-state index contributed by atoms with van der Waals surface area (Å²) in [6.07, 6.45) is 0. The monoisotopic (exact) mass is 211 g/mol. The van der Waals surface area contributed by atoms with Crippen molar-refractivity contribution in [3.63, 3.8) is 0 Å². The number of aromatic amines is 1. The number of benzene rings is 1. The van der Waals surface area contributed by atoms with Gasteiger partial charge in [-0.15, -0.1) is 10.2 Å². The van der Waals surface area contributed by atoms with Gasteiger partial charge in [0.2, 0.25) is 0 Å². The molecule has 0 aliphatic rings. The minimum absolute atomic E-state index is 0.181. The van der Waals surface area contributed by atoms with Crippen LogP contribution in [0.4, 0.5) is 8.78 Å². The number of hydrogen-bond acceptors (Lipinski definition) is 4. The molecule has 0 aliphatic heterocycles. The van der Waals surface area contributed by atoms with Gasteiger partial charge < -0.3 is 5.73 Å². The second-order valence-electron chi connectivity index (χ2n) is 2.95. The van der Waals surface area contributed by atoms with Crippen LogP contribution >= 0.6 is 0 Å². The molecular formula is C8H7F2N5. The van der Waals surface area contributed by atoms with Crippen molar-refractivity contribution >= 4 is 0 Å². The first kappa shape index (κ1) is 9.66. The molecule has 2 rings (SSSR count). The van der Waals surface area contributed by atoms with Crippen LogP contribution in [-0.4, -0.2) is 20.6 Å². The van der Waals surface area contributed by atoms with E-state index in [9.17, 15) is 8.78 Å². The van der Waals surface area contributed by atoms with E-state index in [-0.39, 0.29) is 11.4 Å². The fraction of sp³-hybridized carbons (Fsp3) is 0.125. The molecule has 1 aromatic carbocycles. The maximum atomic E-state index is 12.9. The van der Waals surface area contributed by atoms with Crippen LogP contribution in [0, 0.1) is 11.6 Å². The van der Waals surface area contributed by atoms with Crippen LogP contribution in [0.3, 0.4) is 0 Å². The van der Waals surface area contributed by atoms with Gasteiger partial charge in [0.25, 0.3) is 0 Å². The number of nitrogens with zero attached hydrogens (tertiary/aromatic N) is 3. The average molecular weight is 211 g/mol. The third-order valence-corrected chi connectivity index (χ3v) is 1.88. The number of rotatable bonds is 2. The summed E-state index contributed by atoms with van der Waals surface area (Å²) in [4.78, 5) is 0. The molecule has 0 spiro atoms. The summed E-state index contributed by atoms with van der Waals surface area (Å²) in [5.41, 5.74) is 5.94. The minimum atomic E-state index is -0.797. The van der Waals surface area contributed by atoms with Crippen LogP contribution in [0.1, 0.15) is 17.4 Å². The molecule has 0 fully saturated rings. The molecule has 1 aromatic heterocycles. The van der Waals surface area contributed by atoms with Crippen molar-refractivity contribution < 1.29 is 8.78 Å². The van der Waals surface area contributed by atoms with Crippen molar-refractivity contribution in [2.75, 3.05) is 0 Å². The standard InChI is InChI=1S/C8H7F2N5/c9-5-1-4(2-6(10)3-5)7(11)8-12-14-15-13-8/h1-3,7H,11H2,(H,12,13,14,15). The van der Waals surface area contributed by atoms with Crippen molar-refractivity contribution in [3.05, 3.63) is 41.2 Å². The SMILES string of the molecule is NC(c1cc(F)cc(F)c1)c1nn[nH]n1. The first-order chi connectivity index (χ1) is 7.16. The third-order valence-electron chi connectivity index (χ3n) is 1.88. The molecule has 78 valence electrons. The molecule has 0 aliphatic carbocycles. The van der Waals surface area contributed by atoms with Crippen LogP contribution in [0.25, 0.3) is 0 Å². The smallest absolute Gasteiger partial charge is 0.195 e. The molecule has 0 amide bonds. The summed E-state index contributed by atoms with van der Waals surface area (Å²) in [7, 11) is 0. The Bertz CT molecular complexity index is 436. The van der Waals surface area contributed by atoms with Gasteiger partial charge in [-0.25, -0.2) is 8.78 Å². The molecule has 3 N–H and O–H groups in total. The van der Waals surface area contributed by atoms with Gasteiger partial charge in [0.15, 0.2) is 5.82 Å². The molecule has 0 radical (unpaired) electrons. The third kappa shape index (κ3) is 1.96. The molecule has 0 saturated carbocycles. The van der Waals surface area contributed by atoms with Crippen LogP contribution < -0.4 is 5.73 Å². The van der Waals surface area contributed by atoms with Crippen LogP contribution in [0.5, 0.6) is 0 Å². The zero-order valence-electron chi connectivity index (χ0n) is 7.48. The average Bonchev–Trinajstić information content (AvgIpc) is 2.67. The van der Waals surface area contributed by atoms with Crippen molar-refractivity contribution in [3.8, 4) is 0 Å². The van der Waals surface area contributed by atoms with Crippen molar-refractivity contribution in [2.45, 2.75) is 6.04 Å². The molecule has 1 atom stereocenters. The van der Waals surface area contributed by atoms with Gasteiger partial charge in [-0.05, 0) is 17.7 Å². The molecule has 1 heterocycles. The Kier molecular flexibility index (Phi) is 2.38. The number of H-pyrrole nitrogens is 1. The number of nitrogens with one attached hydrogen (secondary N) is 1. The highest BCUT2D eigenvalue weighted by molar-refractivity contribution is 5.25. The highest BCUT2D eigenvalue weighted by atomic mass is 19.1. The van der Waals surface area contributed by atoms with Gasteiger partial charge in [0, 0.05) is 6.07 Å². The number of hydrogen-bond donors (Lipinski definition) is 2. The first-order valence-corrected chi connectivity index (χ1v) is 4.12. The molecule has 2 aromatic rings. The maximum Gasteiger partial charge on any atom is 0.195 e. The number of nitrogens with two attached hydrogens (primary N) is 1. The molecule has 7 heteroatoms. The predicted octanol–water partition coefficient (Wildman–Crippen LogP) is 0.526. The fourth-order valence-electron chi connectivity index (χ4n) is 1.21. The van der Waals surface area contributed by atoms with Gasteiger partial charge in [-0.2, -0.15) is 5.21 Å². The Morgan fingerprint density at radius 2 is 1.87 bits per heavy atom. The van der Waals surface area contributed by atoms with Crippen LogP contribution in [0.15, 0.2) is 18.2 Å².